The Hall–Kier alpha value is -2.10. The summed E-state index contributed by atoms with van der Waals surface area (Å²) in [6.07, 6.45) is 5.26. The van der Waals surface area contributed by atoms with Crippen molar-refractivity contribution in [3.8, 4) is 5.69 Å². The minimum atomic E-state index is -0.00511. The maximum atomic E-state index is 12.2. The lowest BCUT2D eigenvalue weighted by atomic mass is 9.78. The van der Waals surface area contributed by atoms with Gasteiger partial charge in [0.05, 0.1) is 11.4 Å². The fraction of sp³-hybridized carbons (Fsp3) is 0.375. The quantitative estimate of drug-likeness (QED) is 0.931. The van der Waals surface area contributed by atoms with E-state index >= 15 is 0 Å². The number of aromatic nitrogens is 2. The summed E-state index contributed by atoms with van der Waals surface area (Å²) < 4.78 is 1.81. The molecule has 20 heavy (non-hydrogen) atoms. The van der Waals surface area contributed by atoms with Crippen molar-refractivity contribution in [3.05, 3.63) is 47.8 Å². The molecule has 0 bridgehead atoms. The smallest absolute Gasteiger partial charge is 0.251 e. The van der Waals surface area contributed by atoms with E-state index in [1.165, 1.54) is 6.42 Å². The first-order valence-electron chi connectivity index (χ1n) is 7.01. The van der Waals surface area contributed by atoms with Crippen molar-refractivity contribution in [2.45, 2.75) is 38.6 Å². The van der Waals surface area contributed by atoms with Crippen LogP contribution < -0.4 is 5.32 Å². The molecule has 0 spiro atoms. The van der Waals surface area contributed by atoms with Crippen LogP contribution in [0.1, 0.15) is 42.2 Å². The Morgan fingerprint density at radius 3 is 2.45 bits per heavy atom. The molecule has 1 saturated carbocycles. The van der Waals surface area contributed by atoms with Gasteiger partial charge in [0.2, 0.25) is 0 Å². The molecule has 104 valence electrons. The second-order valence-electron chi connectivity index (χ2n) is 5.82. The second-order valence-corrected chi connectivity index (χ2v) is 5.82. The van der Waals surface area contributed by atoms with Gasteiger partial charge in [0.25, 0.3) is 5.91 Å². The zero-order valence-electron chi connectivity index (χ0n) is 11.9. The third-order valence-corrected chi connectivity index (χ3v) is 3.99. The number of aryl methyl sites for hydroxylation is 1. The van der Waals surface area contributed by atoms with Crippen LogP contribution in [0.25, 0.3) is 5.69 Å². The lowest BCUT2D eigenvalue weighted by Crippen LogP contribution is -2.50. The maximum Gasteiger partial charge on any atom is 0.251 e. The van der Waals surface area contributed by atoms with Crippen molar-refractivity contribution in [1.82, 2.24) is 15.1 Å². The van der Waals surface area contributed by atoms with Gasteiger partial charge in [-0.15, -0.1) is 0 Å². The molecule has 1 aliphatic carbocycles. The van der Waals surface area contributed by atoms with Crippen LogP contribution in [0.3, 0.4) is 0 Å². The number of hydrogen-bond donors (Lipinski definition) is 1. The average molecular weight is 269 g/mol. The highest BCUT2D eigenvalue weighted by atomic mass is 16.1. The van der Waals surface area contributed by atoms with Gasteiger partial charge < -0.3 is 5.32 Å². The zero-order chi connectivity index (χ0) is 14.2. The van der Waals surface area contributed by atoms with E-state index in [0.717, 1.165) is 24.2 Å². The summed E-state index contributed by atoms with van der Waals surface area (Å²) in [7, 11) is 0. The van der Waals surface area contributed by atoms with Crippen LogP contribution in [-0.2, 0) is 0 Å². The Kier molecular flexibility index (Phi) is 3.08. The third-order valence-electron chi connectivity index (χ3n) is 3.99. The van der Waals surface area contributed by atoms with Crippen LogP contribution in [0, 0.1) is 6.92 Å². The number of carbonyl (C=O) groups excluding carboxylic acids is 1. The van der Waals surface area contributed by atoms with E-state index in [-0.39, 0.29) is 11.4 Å². The van der Waals surface area contributed by atoms with Gasteiger partial charge in [0, 0.05) is 17.3 Å². The minimum absolute atomic E-state index is 0.00511. The molecule has 1 aromatic heterocycles. The summed E-state index contributed by atoms with van der Waals surface area (Å²) in [5, 5.41) is 7.46. The van der Waals surface area contributed by atoms with Crippen molar-refractivity contribution in [3.63, 3.8) is 0 Å². The van der Waals surface area contributed by atoms with Crippen LogP contribution in [0.15, 0.2) is 36.5 Å². The van der Waals surface area contributed by atoms with Gasteiger partial charge in [-0.1, -0.05) is 0 Å². The highest BCUT2D eigenvalue weighted by Crippen LogP contribution is 2.31. The zero-order valence-corrected chi connectivity index (χ0v) is 11.9. The fourth-order valence-electron chi connectivity index (χ4n) is 2.50. The molecule has 4 heteroatoms. The summed E-state index contributed by atoms with van der Waals surface area (Å²) in [6, 6.07) is 9.50. The summed E-state index contributed by atoms with van der Waals surface area (Å²) in [5.74, 6) is 0.00963. The number of nitrogens with one attached hydrogen (secondary N) is 1. The van der Waals surface area contributed by atoms with Gasteiger partial charge in [-0.05, 0) is 63.4 Å². The lowest BCUT2D eigenvalue weighted by molar-refractivity contribution is 0.0850. The first-order valence-corrected chi connectivity index (χ1v) is 7.01. The molecule has 0 saturated heterocycles. The minimum Gasteiger partial charge on any atom is -0.347 e. The third kappa shape index (κ3) is 2.46. The molecule has 3 rings (SSSR count). The van der Waals surface area contributed by atoms with E-state index in [2.05, 4.69) is 17.3 Å². The Morgan fingerprint density at radius 2 is 1.95 bits per heavy atom. The molecular weight excluding hydrogens is 250 g/mol. The highest BCUT2D eigenvalue weighted by molar-refractivity contribution is 5.94. The van der Waals surface area contributed by atoms with Crippen molar-refractivity contribution < 1.29 is 4.79 Å². The van der Waals surface area contributed by atoms with Gasteiger partial charge in [0.1, 0.15) is 0 Å². The van der Waals surface area contributed by atoms with Crippen molar-refractivity contribution in [2.75, 3.05) is 0 Å². The van der Waals surface area contributed by atoms with Gasteiger partial charge in [-0.3, -0.25) is 4.79 Å². The summed E-state index contributed by atoms with van der Waals surface area (Å²) >= 11 is 0. The number of benzene rings is 1. The van der Waals surface area contributed by atoms with Gasteiger partial charge >= 0.3 is 0 Å². The average Bonchev–Trinajstić information content (AvgIpc) is 2.84. The van der Waals surface area contributed by atoms with Gasteiger partial charge in [0.15, 0.2) is 0 Å². The van der Waals surface area contributed by atoms with Crippen LogP contribution in [-0.4, -0.2) is 21.2 Å². The maximum absolute atomic E-state index is 12.2. The van der Waals surface area contributed by atoms with E-state index < -0.39 is 0 Å². The molecule has 1 heterocycles. The predicted molar refractivity (Wildman–Crippen MR) is 78.0 cm³/mol. The van der Waals surface area contributed by atoms with Crippen molar-refractivity contribution in [2.24, 2.45) is 0 Å². The molecule has 0 aliphatic heterocycles. The van der Waals surface area contributed by atoms with Gasteiger partial charge in [-0.25, -0.2) is 4.68 Å². The molecule has 0 atom stereocenters. The molecule has 1 amide bonds. The molecule has 1 aliphatic rings. The largest absolute Gasteiger partial charge is 0.347 e. The molecular formula is C16H19N3O. The number of amides is 1. The number of rotatable bonds is 3. The monoisotopic (exact) mass is 269 g/mol. The topological polar surface area (TPSA) is 46.9 Å². The number of nitrogens with zero attached hydrogens (tertiary/aromatic N) is 2. The lowest BCUT2D eigenvalue weighted by Gasteiger charge is -2.39. The molecule has 2 aromatic rings. The number of hydrogen-bond acceptors (Lipinski definition) is 2. The van der Waals surface area contributed by atoms with Crippen molar-refractivity contribution in [1.29, 1.82) is 0 Å². The molecule has 4 nitrogen and oxygen atoms in total. The summed E-state index contributed by atoms with van der Waals surface area (Å²) in [5.41, 5.74) is 2.63. The Morgan fingerprint density at radius 1 is 1.25 bits per heavy atom. The molecule has 0 radical (unpaired) electrons. The molecule has 0 unspecified atom stereocenters. The van der Waals surface area contributed by atoms with Crippen LogP contribution in [0.5, 0.6) is 0 Å². The normalized spacial score (nSPS) is 16.5. The van der Waals surface area contributed by atoms with E-state index in [1.807, 2.05) is 48.1 Å². The molecule has 1 N–H and O–H groups in total. The van der Waals surface area contributed by atoms with E-state index in [9.17, 15) is 4.79 Å². The van der Waals surface area contributed by atoms with Crippen LogP contribution in [0.4, 0.5) is 0 Å². The Bertz CT molecular complexity index is 623. The highest BCUT2D eigenvalue weighted by Gasteiger charge is 2.33. The second kappa shape index (κ2) is 4.78. The molecule has 1 aromatic carbocycles. The van der Waals surface area contributed by atoms with E-state index in [1.54, 1.807) is 0 Å². The first-order chi connectivity index (χ1) is 9.56. The summed E-state index contributed by atoms with van der Waals surface area (Å²) in [6.45, 7) is 4.06. The van der Waals surface area contributed by atoms with E-state index in [0.29, 0.717) is 5.56 Å². The van der Waals surface area contributed by atoms with Crippen LogP contribution in [0.2, 0.25) is 0 Å². The molecule has 1 fully saturated rings. The van der Waals surface area contributed by atoms with Crippen molar-refractivity contribution >= 4 is 5.91 Å². The summed E-state index contributed by atoms with van der Waals surface area (Å²) in [4.78, 5) is 12.2. The van der Waals surface area contributed by atoms with Gasteiger partial charge in [-0.2, -0.15) is 5.10 Å². The van der Waals surface area contributed by atoms with E-state index in [4.69, 9.17) is 0 Å². The Labute approximate surface area is 118 Å². The fourth-order valence-corrected chi connectivity index (χ4v) is 2.50. The number of carbonyl (C=O) groups is 1. The Balaban J connectivity index is 1.74. The van der Waals surface area contributed by atoms with Crippen LogP contribution >= 0.6 is 0 Å². The predicted octanol–water partition coefficient (Wildman–Crippen LogP) is 2.85. The SMILES string of the molecule is Cc1ccn(-c2ccc(C(=O)NC3(C)CCC3)cc2)n1. The standard InChI is InChI=1S/C16H19N3O/c1-12-8-11-19(18-12)14-6-4-13(5-7-14)15(20)17-16(2)9-3-10-16/h4-8,11H,3,9-10H2,1-2H3,(H,17,20). The first kappa shape index (κ1) is 12.9.